The van der Waals surface area contributed by atoms with E-state index in [0.29, 0.717) is 13.1 Å². The number of hydrogen-bond acceptors (Lipinski definition) is 2. The summed E-state index contributed by atoms with van der Waals surface area (Å²) in [5.41, 5.74) is 7.63. The van der Waals surface area contributed by atoms with Crippen LogP contribution in [0.5, 0.6) is 0 Å². The normalized spacial score (nSPS) is 11.8. The molecule has 0 radical (unpaired) electrons. The van der Waals surface area contributed by atoms with Gasteiger partial charge in [-0.3, -0.25) is 4.79 Å². The minimum Gasteiger partial charge on any atom is -0.355 e. The molecule has 0 heterocycles. The SMILES string of the molecule is CC(C)(CN=[N+]=[N-])CNC(=O)C(C)(C)C. The summed E-state index contributed by atoms with van der Waals surface area (Å²) in [6.07, 6.45) is 0. The Morgan fingerprint density at radius 1 is 1.33 bits per heavy atom. The van der Waals surface area contributed by atoms with E-state index in [1.807, 2.05) is 34.6 Å². The smallest absolute Gasteiger partial charge is 0.225 e. The zero-order valence-corrected chi connectivity index (χ0v) is 10.2. The first-order valence-electron chi connectivity index (χ1n) is 4.98. The lowest BCUT2D eigenvalue weighted by atomic mass is 9.91. The monoisotopic (exact) mass is 212 g/mol. The van der Waals surface area contributed by atoms with Crippen LogP contribution in [0.1, 0.15) is 34.6 Å². The van der Waals surface area contributed by atoms with Gasteiger partial charge in [0.2, 0.25) is 5.91 Å². The van der Waals surface area contributed by atoms with Crippen LogP contribution in [0.25, 0.3) is 10.4 Å². The Bertz CT molecular complexity index is 272. The Morgan fingerprint density at radius 3 is 2.27 bits per heavy atom. The van der Waals surface area contributed by atoms with Crippen LogP contribution in [-0.2, 0) is 4.79 Å². The van der Waals surface area contributed by atoms with Crippen LogP contribution >= 0.6 is 0 Å². The molecule has 0 aromatic heterocycles. The van der Waals surface area contributed by atoms with Crippen molar-refractivity contribution in [3.8, 4) is 0 Å². The molecule has 0 saturated heterocycles. The first-order valence-corrected chi connectivity index (χ1v) is 4.98. The second-order valence-corrected chi connectivity index (χ2v) is 5.49. The summed E-state index contributed by atoms with van der Waals surface area (Å²) in [6, 6.07) is 0. The number of amides is 1. The van der Waals surface area contributed by atoms with Crippen molar-refractivity contribution in [1.29, 1.82) is 0 Å². The molecular weight excluding hydrogens is 192 g/mol. The third-order valence-electron chi connectivity index (χ3n) is 1.97. The van der Waals surface area contributed by atoms with Crippen molar-refractivity contribution in [3.05, 3.63) is 10.4 Å². The molecule has 0 unspecified atom stereocenters. The van der Waals surface area contributed by atoms with Crippen molar-refractivity contribution in [2.24, 2.45) is 15.9 Å². The molecule has 15 heavy (non-hydrogen) atoms. The van der Waals surface area contributed by atoms with E-state index in [1.54, 1.807) is 0 Å². The van der Waals surface area contributed by atoms with E-state index >= 15 is 0 Å². The largest absolute Gasteiger partial charge is 0.355 e. The van der Waals surface area contributed by atoms with Crippen molar-refractivity contribution >= 4 is 5.91 Å². The molecule has 86 valence electrons. The van der Waals surface area contributed by atoms with E-state index in [9.17, 15) is 4.79 Å². The van der Waals surface area contributed by atoms with Gasteiger partial charge in [-0.15, -0.1) is 0 Å². The lowest BCUT2D eigenvalue weighted by Crippen LogP contribution is -2.41. The van der Waals surface area contributed by atoms with Gasteiger partial charge in [0.15, 0.2) is 0 Å². The van der Waals surface area contributed by atoms with Gasteiger partial charge in [-0.2, -0.15) is 0 Å². The Labute approximate surface area is 90.9 Å². The molecule has 0 saturated carbocycles. The van der Waals surface area contributed by atoms with Crippen molar-refractivity contribution in [2.75, 3.05) is 13.1 Å². The minimum atomic E-state index is -0.380. The van der Waals surface area contributed by atoms with Gasteiger partial charge >= 0.3 is 0 Å². The summed E-state index contributed by atoms with van der Waals surface area (Å²) in [7, 11) is 0. The summed E-state index contributed by atoms with van der Waals surface area (Å²) in [5.74, 6) is 0.0107. The molecule has 0 aliphatic rings. The van der Waals surface area contributed by atoms with Gasteiger partial charge in [0.25, 0.3) is 0 Å². The molecule has 0 bridgehead atoms. The number of nitrogens with zero attached hydrogens (tertiary/aromatic N) is 3. The van der Waals surface area contributed by atoms with Crippen molar-refractivity contribution in [3.63, 3.8) is 0 Å². The third-order valence-corrected chi connectivity index (χ3v) is 1.97. The first kappa shape index (κ1) is 13.8. The Kier molecular flexibility index (Phi) is 4.62. The molecule has 0 rings (SSSR count). The third kappa shape index (κ3) is 5.96. The summed E-state index contributed by atoms with van der Waals surface area (Å²) >= 11 is 0. The fourth-order valence-electron chi connectivity index (χ4n) is 0.864. The highest BCUT2D eigenvalue weighted by molar-refractivity contribution is 5.81. The minimum absolute atomic E-state index is 0.0107. The standard InChI is InChI=1S/C10H20N4O/c1-9(2,3)8(15)12-6-10(4,5)7-13-14-11/h6-7H2,1-5H3,(H,12,15). The van der Waals surface area contributed by atoms with E-state index in [0.717, 1.165) is 0 Å². The number of hydrogen-bond donors (Lipinski definition) is 1. The highest BCUT2D eigenvalue weighted by atomic mass is 16.2. The van der Waals surface area contributed by atoms with E-state index in [4.69, 9.17) is 5.53 Å². The predicted octanol–water partition coefficient (Wildman–Crippen LogP) is 2.49. The highest BCUT2D eigenvalue weighted by Gasteiger charge is 2.24. The number of azide groups is 1. The number of nitrogens with one attached hydrogen (secondary N) is 1. The second-order valence-electron chi connectivity index (χ2n) is 5.49. The van der Waals surface area contributed by atoms with Gasteiger partial charge in [0, 0.05) is 23.4 Å². The van der Waals surface area contributed by atoms with Gasteiger partial charge in [-0.05, 0) is 10.9 Å². The van der Waals surface area contributed by atoms with Crippen LogP contribution in [0.4, 0.5) is 0 Å². The molecule has 0 spiro atoms. The molecule has 1 N–H and O–H groups in total. The van der Waals surface area contributed by atoms with E-state index < -0.39 is 0 Å². The topological polar surface area (TPSA) is 77.9 Å². The van der Waals surface area contributed by atoms with Crippen LogP contribution < -0.4 is 5.32 Å². The first-order chi connectivity index (χ1) is 6.69. The Hall–Kier alpha value is -1.22. The summed E-state index contributed by atoms with van der Waals surface area (Å²) in [6.45, 7) is 10.4. The van der Waals surface area contributed by atoms with Crippen molar-refractivity contribution in [2.45, 2.75) is 34.6 Å². The van der Waals surface area contributed by atoms with Crippen LogP contribution in [0.15, 0.2) is 5.11 Å². The molecule has 0 aromatic carbocycles. The second kappa shape index (κ2) is 5.03. The van der Waals surface area contributed by atoms with Crippen LogP contribution in [0, 0.1) is 10.8 Å². The molecular formula is C10H20N4O. The van der Waals surface area contributed by atoms with Gasteiger partial charge < -0.3 is 5.32 Å². The van der Waals surface area contributed by atoms with Crippen molar-refractivity contribution in [1.82, 2.24) is 5.32 Å². The highest BCUT2D eigenvalue weighted by Crippen LogP contribution is 2.17. The average molecular weight is 212 g/mol. The lowest BCUT2D eigenvalue weighted by molar-refractivity contribution is -0.128. The van der Waals surface area contributed by atoms with Crippen molar-refractivity contribution < 1.29 is 4.79 Å². The Balaban J connectivity index is 4.15. The Morgan fingerprint density at radius 2 is 1.87 bits per heavy atom. The molecule has 0 aliphatic carbocycles. The molecule has 0 aliphatic heterocycles. The zero-order valence-electron chi connectivity index (χ0n) is 10.2. The van der Waals surface area contributed by atoms with Gasteiger partial charge in [0.05, 0.1) is 0 Å². The maximum absolute atomic E-state index is 11.6. The fourth-order valence-corrected chi connectivity index (χ4v) is 0.864. The maximum Gasteiger partial charge on any atom is 0.225 e. The van der Waals surface area contributed by atoms with Gasteiger partial charge in [0.1, 0.15) is 0 Å². The van der Waals surface area contributed by atoms with E-state index in [2.05, 4.69) is 15.3 Å². The summed E-state index contributed by atoms with van der Waals surface area (Å²) in [4.78, 5) is 14.3. The van der Waals surface area contributed by atoms with Gasteiger partial charge in [-0.25, -0.2) is 0 Å². The number of carbonyl (C=O) groups excluding carboxylic acids is 1. The zero-order chi connectivity index (χ0) is 12.1. The molecule has 5 nitrogen and oxygen atoms in total. The summed E-state index contributed by atoms with van der Waals surface area (Å²) < 4.78 is 0. The maximum atomic E-state index is 11.6. The quantitative estimate of drug-likeness (QED) is 0.433. The molecule has 0 atom stereocenters. The predicted molar refractivity (Wildman–Crippen MR) is 60.3 cm³/mol. The lowest BCUT2D eigenvalue weighted by Gasteiger charge is -2.25. The van der Waals surface area contributed by atoms with E-state index in [1.165, 1.54) is 0 Å². The molecule has 1 amide bonds. The number of rotatable bonds is 4. The van der Waals surface area contributed by atoms with Crippen LogP contribution in [0.3, 0.4) is 0 Å². The van der Waals surface area contributed by atoms with Gasteiger partial charge in [-0.1, -0.05) is 39.7 Å². The summed E-state index contributed by atoms with van der Waals surface area (Å²) in [5, 5.41) is 6.36. The molecule has 0 aromatic rings. The van der Waals surface area contributed by atoms with Crippen LogP contribution in [-0.4, -0.2) is 19.0 Å². The fraction of sp³-hybridized carbons (Fsp3) is 0.900. The molecule has 0 fully saturated rings. The average Bonchev–Trinajstić information content (AvgIpc) is 2.09. The molecule has 5 heteroatoms. The van der Waals surface area contributed by atoms with E-state index in [-0.39, 0.29) is 16.7 Å². The number of carbonyl (C=O) groups is 1. The van der Waals surface area contributed by atoms with Crippen LogP contribution in [0.2, 0.25) is 0 Å².